The van der Waals surface area contributed by atoms with Crippen LogP contribution in [-0.2, 0) is 5.41 Å². The lowest BCUT2D eigenvalue weighted by Crippen LogP contribution is -2.37. The minimum atomic E-state index is 0.0328. The molecule has 16 heavy (non-hydrogen) atoms. The summed E-state index contributed by atoms with van der Waals surface area (Å²) >= 11 is 11.9. The van der Waals surface area contributed by atoms with Crippen molar-refractivity contribution in [2.45, 2.75) is 19.3 Å². The molecule has 0 atom stereocenters. The quantitative estimate of drug-likeness (QED) is 0.629. The second-order valence-electron chi connectivity index (χ2n) is 4.47. The summed E-state index contributed by atoms with van der Waals surface area (Å²) in [6.45, 7) is 6.03. The Morgan fingerprint density at radius 2 is 1.88 bits per heavy atom. The van der Waals surface area contributed by atoms with Crippen molar-refractivity contribution >= 4 is 23.2 Å². The van der Waals surface area contributed by atoms with Crippen molar-refractivity contribution in [1.82, 2.24) is 10.6 Å². The maximum absolute atomic E-state index is 6.02. The third-order valence-corrected chi connectivity index (χ3v) is 3.31. The normalized spacial score (nSPS) is 11.8. The number of hydrogen-bond donors (Lipinski definition) is 2. The Kier molecular flexibility index (Phi) is 5.06. The van der Waals surface area contributed by atoms with Crippen LogP contribution in [0.3, 0.4) is 0 Å². The fourth-order valence-electron chi connectivity index (χ4n) is 1.52. The summed E-state index contributed by atoms with van der Waals surface area (Å²) in [4.78, 5) is 0. The SMILES string of the molecule is CNCNCC(C)(C)c1ccc(Cl)c(Cl)c1. The lowest BCUT2D eigenvalue weighted by molar-refractivity contribution is 0.460. The molecule has 2 N–H and O–H groups in total. The van der Waals surface area contributed by atoms with Gasteiger partial charge in [-0.25, -0.2) is 0 Å². The summed E-state index contributed by atoms with van der Waals surface area (Å²) in [5.41, 5.74) is 1.22. The van der Waals surface area contributed by atoms with Crippen LogP contribution in [0.5, 0.6) is 0 Å². The molecule has 1 aromatic rings. The fraction of sp³-hybridized carbons (Fsp3) is 0.500. The molecule has 1 rings (SSSR count). The zero-order valence-electron chi connectivity index (χ0n) is 9.90. The number of nitrogens with one attached hydrogen (secondary N) is 2. The van der Waals surface area contributed by atoms with Gasteiger partial charge in [-0.2, -0.15) is 0 Å². The predicted octanol–water partition coefficient (Wildman–Crippen LogP) is 3.04. The topological polar surface area (TPSA) is 24.1 Å². The van der Waals surface area contributed by atoms with Gasteiger partial charge in [-0.3, -0.25) is 0 Å². The molecule has 0 aliphatic rings. The van der Waals surface area contributed by atoms with E-state index in [1.807, 2.05) is 25.2 Å². The van der Waals surface area contributed by atoms with Crippen LogP contribution in [-0.4, -0.2) is 20.3 Å². The van der Waals surface area contributed by atoms with E-state index in [1.54, 1.807) is 0 Å². The van der Waals surface area contributed by atoms with Gasteiger partial charge >= 0.3 is 0 Å². The first kappa shape index (κ1) is 13.8. The molecule has 0 saturated heterocycles. The van der Waals surface area contributed by atoms with E-state index in [9.17, 15) is 0 Å². The molecule has 0 radical (unpaired) electrons. The average Bonchev–Trinajstić information content (AvgIpc) is 2.22. The van der Waals surface area contributed by atoms with Gasteiger partial charge in [0.2, 0.25) is 0 Å². The Bertz CT molecular complexity index is 351. The highest BCUT2D eigenvalue weighted by Gasteiger charge is 2.20. The Balaban J connectivity index is 2.76. The van der Waals surface area contributed by atoms with E-state index in [4.69, 9.17) is 23.2 Å². The second kappa shape index (κ2) is 5.87. The molecule has 0 aliphatic carbocycles. The largest absolute Gasteiger partial charge is 0.308 e. The van der Waals surface area contributed by atoms with Crippen molar-refractivity contribution in [1.29, 1.82) is 0 Å². The Labute approximate surface area is 107 Å². The summed E-state index contributed by atoms with van der Waals surface area (Å²) < 4.78 is 0. The molecule has 90 valence electrons. The zero-order chi connectivity index (χ0) is 12.2. The summed E-state index contributed by atoms with van der Waals surface area (Å²) in [5, 5.41) is 7.59. The van der Waals surface area contributed by atoms with Crippen molar-refractivity contribution < 1.29 is 0 Å². The van der Waals surface area contributed by atoms with Crippen LogP contribution in [0, 0.1) is 0 Å². The summed E-state index contributed by atoms with van der Waals surface area (Å²) in [7, 11) is 1.92. The van der Waals surface area contributed by atoms with Gasteiger partial charge in [0.1, 0.15) is 0 Å². The number of hydrogen-bond acceptors (Lipinski definition) is 2. The molecular weight excluding hydrogens is 243 g/mol. The number of halogens is 2. The van der Waals surface area contributed by atoms with Gasteiger partial charge in [0, 0.05) is 18.6 Å². The first-order chi connectivity index (χ1) is 7.47. The molecular formula is C12H18Cl2N2. The molecule has 0 amide bonds. The van der Waals surface area contributed by atoms with E-state index in [-0.39, 0.29) is 5.41 Å². The molecule has 0 unspecified atom stereocenters. The van der Waals surface area contributed by atoms with E-state index < -0.39 is 0 Å². The molecule has 1 aromatic carbocycles. The lowest BCUT2D eigenvalue weighted by Gasteiger charge is -2.26. The average molecular weight is 261 g/mol. The van der Waals surface area contributed by atoms with Gasteiger partial charge in [0.25, 0.3) is 0 Å². The maximum Gasteiger partial charge on any atom is 0.0595 e. The molecule has 0 bridgehead atoms. The molecule has 4 heteroatoms. The molecule has 2 nitrogen and oxygen atoms in total. The zero-order valence-corrected chi connectivity index (χ0v) is 11.4. The Morgan fingerprint density at radius 1 is 1.19 bits per heavy atom. The van der Waals surface area contributed by atoms with Crippen LogP contribution >= 0.6 is 23.2 Å². The molecule has 0 aromatic heterocycles. The van der Waals surface area contributed by atoms with Crippen molar-refractivity contribution in [3.63, 3.8) is 0 Å². The number of benzene rings is 1. The van der Waals surface area contributed by atoms with E-state index in [1.165, 1.54) is 5.56 Å². The maximum atomic E-state index is 6.02. The molecule has 0 spiro atoms. The summed E-state index contributed by atoms with van der Waals surface area (Å²) in [6, 6.07) is 5.80. The molecule has 0 aliphatic heterocycles. The third kappa shape index (κ3) is 3.63. The molecule has 0 saturated carbocycles. The fourth-order valence-corrected chi connectivity index (χ4v) is 1.82. The van der Waals surface area contributed by atoms with Crippen LogP contribution in [0.4, 0.5) is 0 Å². The van der Waals surface area contributed by atoms with Crippen LogP contribution in [0.15, 0.2) is 18.2 Å². The molecule has 0 fully saturated rings. The van der Waals surface area contributed by atoms with Gasteiger partial charge in [-0.1, -0.05) is 43.1 Å². The third-order valence-electron chi connectivity index (χ3n) is 2.57. The van der Waals surface area contributed by atoms with E-state index in [2.05, 4.69) is 24.5 Å². The standard InChI is InChI=1S/C12H18Cl2N2/c1-12(2,7-16-8-15-3)9-4-5-10(13)11(14)6-9/h4-6,15-16H,7-8H2,1-3H3. The first-order valence-corrected chi connectivity index (χ1v) is 6.04. The van der Waals surface area contributed by atoms with E-state index in [0.717, 1.165) is 13.2 Å². The van der Waals surface area contributed by atoms with Crippen LogP contribution in [0.2, 0.25) is 10.0 Å². The predicted molar refractivity (Wildman–Crippen MR) is 71.4 cm³/mol. The first-order valence-electron chi connectivity index (χ1n) is 5.28. The summed E-state index contributed by atoms with van der Waals surface area (Å²) in [6.07, 6.45) is 0. The number of rotatable bonds is 5. The van der Waals surface area contributed by atoms with E-state index in [0.29, 0.717) is 10.0 Å². The van der Waals surface area contributed by atoms with Crippen molar-refractivity contribution in [2.24, 2.45) is 0 Å². The Hall–Kier alpha value is -0.280. The van der Waals surface area contributed by atoms with Gasteiger partial charge in [-0.05, 0) is 24.7 Å². The monoisotopic (exact) mass is 260 g/mol. The van der Waals surface area contributed by atoms with Gasteiger partial charge in [-0.15, -0.1) is 0 Å². The van der Waals surface area contributed by atoms with E-state index >= 15 is 0 Å². The van der Waals surface area contributed by atoms with Crippen molar-refractivity contribution in [2.75, 3.05) is 20.3 Å². The van der Waals surface area contributed by atoms with Crippen LogP contribution in [0.25, 0.3) is 0 Å². The minimum Gasteiger partial charge on any atom is -0.308 e. The van der Waals surface area contributed by atoms with Crippen molar-refractivity contribution in [3.8, 4) is 0 Å². The van der Waals surface area contributed by atoms with Gasteiger partial charge in [0.05, 0.1) is 10.0 Å². The molecule has 0 heterocycles. The summed E-state index contributed by atoms with van der Waals surface area (Å²) in [5.74, 6) is 0. The highest BCUT2D eigenvalue weighted by atomic mass is 35.5. The smallest absolute Gasteiger partial charge is 0.0595 e. The minimum absolute atomic E-state index is 0.0328. The van der Waals surface area contributed by atoms with Crippen LogP contribution in [0.1, 0.15) is 19.4 Å². The van der Waals surface area contributed by atoms with Crippen LogP contribution < -0.4 is 10.6 Å². The Morgan fingerprint density at radius 3 is 2.44 bits per heavy atom. The lowest BCUT2D eigenvalue weighted by atomic mass is 9.85. The van der Waals surface area contributed by atoms with Crippen molar-refractivity contribution in [3.05, 3.63) is 33.8 Å². The van der Waals surface area contributed by atoms with Gasteiger partial charge < -0.3 is 10.6 Å². The van der Waals surface area contributed by atoms with Gasteiger partial charge in [0.15, 0.2) is 0 Å². The highest BCUT2D eigenvalue weighted by molar-refractivity contribution is 6.42. The second-order valence-corrected chi connectivity index (χ2v) is 5.28. The highest BCUT2D eigenvalue weighted by Crippen LogP contribution is 2.29.